The lowest BCUT2D eigenvalue weighted by Crippen LogP contribution is -2.17. The third kappa shape index (κ3) is 4.57. The first-order valence-electron chi connectivity index (χ1n) is 8.72. The Morgan fingerprint density at radius 2 is 1.11 bits per heavy atom. The quantitative estimate of drug-likeness (QED) is 0.475. The van der Waals surface area contributed by atoms with Crippen molar-refractivity contribution in [1.29, 1.82) is 0 Å². The highest BCUT2D eigenvalue weighted by Gasteiger charge is 2.20. The first kappa shape index (κ1) is 19.2. The Hall–Kier alpha value is -3.60. The number of hydrogen-bond donors (Lipinski definition) is 0. The lowest BCUT2D eigenvalue weighted by molar-refractivity contribution is 0.0692. The second-order valence-corrected chi connectivity index (χ2v) is 6.32. The van der Waals surface area contributed by atoms with E-state index < -0.39 is 11.9 Å². The Balaban J connectivity index is 1.81. The van der Waals surface area contributed by atoms with Gasteiger partial charge in [-0.2, -0.15) is 0 Å². The normalized spacial score (nSPS) is 10.2. The number of hydrogen-bond acceptors (Lipinski definition) is 5. The van der Waals surface area contributed by atoms with Gasteiger partial charge >= 0.3 is 11.9 Å². The molecule has 0 aliphatic carbocycles. The zero-order chi connectivity index (χ0) is 20.1. The minimum absolute atomic E-state index is 0.132. The number of benzene rings is 3. The van der Waals surface area contributed by atoms with Crippen LogP contribution in [0, 0.1) is 13.8 Å². The minimum atomic E-state index is -0.641. The van der Waals surface area contributed by atoms with Gasteiger partial charge in [0.2, 0.25) is 0 Å². The summed E-state index contributed by atoms with van der Waals surface area (Å²) in [5.74, 6) is 0.173. The lowest BCUT2D eigenvalue weighted by atomic mass is 10.1. The van der Waals surface area contributed by atoms with Gasteiger partial charge in [-0.15, -0.1) is 0 Å². The van der Waals surface area contributed by atoms with E-state index in [4.69, 9.17) is 14.2 Å². The number of aryl methyl sites for hydroxylation is 2. The minimum Gasteiger partial charge on any atom is -0.497 e. The molecule has 0 atom stereocenters. The molecule has 0 heterocycles. The fourth-order valence-electron chi connectivity index (χ4n) is 2.80. The number of methoxy groups -OCH3 is 1. The van der Waals surface area contributed by atoms with Crippen LogP contribution in [0.2, 0.25) is 0 Å². The van der Waals surface area contributed by atoms with Gasteiger partial charge in [0.1, 0.15) is 17.2 Å². The Labute approximate surface area is 163 Å². The average Bonchev–Trinajstić information content (AvgIpc) is 2.67. The summed E-state index contributed by atoms with van der Waals surface area (Å²) in [5.41, 5.74) is 2.23. The summed E-state index contributed by atoms with van der Waals surface area (Å²) < 4.78 is 15.9. The smallest absolute Gasteiger partial charge is 0.344 e. The van der Waals surface area contributed by atoms with Crippen LogP contribution in [0.4, 0.5) is 0 Å². The van der Waals surface area contributed by atoms with Crippen molar-refractivity contribution in [2.75, 3.05) is 7.11 Å². The first-order valence-corrected chi connectivity index (χ1v) is 8.72. The summed E-state index contributed by atoms with van der Waals surface area (Å²) in [6, 6.07) is 18.5. The second kappa shape index (κ2) is 8.39. The number of ether oxygens (including phenoxy) is 3. The summed E-state index contributed by atoms with van der Waals surface area (Å²) in [6.45, 7) is 3.84. The molecule has 0 saturated carbocycles. The highest BCUT2D eigenvalue weighted by Crippen LogP contribution is 2.21. The Morgan fingerprint density at radius 3 is 1.61 bits per heavy atom. The maximum Gasteiger partial charge on any atom is 0.344 e. The summed E-state index contributed by atoms with van der Waals surface area (Å²) in [6.07, 6.45) is 0. The fraction of sp³-hybridized carbons (Fsp3) is 0.130. The van der Waals surface area contributed by atoms with E-state index in [1.165, 1.54) is 12.1 Å². The van der Waals surface area contributed by atoms with Crippen LogP contribution in [0.25, 0.3) is 0 Å². The van der Waals surface area contributed by atoms with Crippen molar-refractivity contribution < 1.29 is 23.8 Å². The summed E-state index contributed by atoms with van der Waals surface area (Å²) in [4.78, 5) is 25.2. The van der Waals surface area contributed by atoms with Gasteiger partial charge in [-0.05, 0) is 73.5 Å². The zero-order valence-corrected chi connectivity index (χ0v) is 15.9. The highest BCUT2D eigenvalue weighted by molar-refractivity contribution is 6.04. The summed E-state index contributed by atoms with van der Waals surface area (Å²) in [7, 11) is 1.55. The molecule has 0 aromatic heterocycles. The molecule has 0 amide bonds. The van der Waals surface area contributed by atoms with Crippen LogP contribution in [0.5, 0.6) is 17.2 Å². The predicted octanol–water partition coefficient (Wildman–Crippen LogP) is 4.75. The van der Waals surface area contributed by atoms with Gasteiger partial charge in [0.15, 0.2) is 0 Å². The monoisotopic (exact) mass is 376 g/mol. The van der Waals surface area contributed by atoms with Gasteiger partial charge in [0.25, 0.3) is 0 Å². The van der Waals surface area contributed by atoms with Crippen LogP contribution in [0.3, 0.4) is 0 Å². The van der Waals surface area contributed by atoms with Gasteiger partial charge in [0, 0.05) is 0 Å². The molecule has 3 rings (SSSR count). The number of carbonyl (C=O) groups excluding carboxylic acids is 2. The molecule has 0 bridgehead atoms. The molecule has 0 saturated heterocycles. The lowest BCUT2D eigenvalue weighted by Gasteiger charge is -2.10. The molecule has 0 unspecified atom stereocenters. The van der Waals surface area contributed by atoms with Crippen LogP contribution in [0.1, 0.15) is 31.8 Å². The Bertz CT molecular complexity index is 986. The molecule has 142 valence electrons. The van der Waals surface area contributed by atoms with Gasteiger partial charge < -0.3 is 14.2 Å². The van der Waals surface area contributed by atoms with Crippen molar-refractivity contribution in [3.63, 3.8) is 0 Å². The van der Waals surface area contributed by atoms with Gasteiger partial charge in [0.05, 0.1) is 18.2 Å². The average molecular weight is 376 g/mol. The van der Waals surface area contributed by atoms with Crippen molar-refractivity contribution in [3.05, 3.63) is 89.0 Å². The van der Waals surface area contributed by atoms with E-state index >= 15 is 0 Å². The largest absolute Gasteiger partial charge is 0.497 e. The molecular formula is C23H20O5. The molecule has 0 spiro atoms. The van der Waals surface area contributed by atoms with Crippen LogP contribution >= 0.6 is 0 Å². The van der Waals surface area contributed by atoms with Crippen LogP contribution in [0.15, 0.2) is 66.7 Å². The molecular weight excluding hydrogens is 356 g/mol. The molecule has 28 heavy (non-hydrogen) atoms. The van der Waals surface area contributed by atoms with E-state index in [0.29, 0.717) is 17.2 Å². The SMILES string of the molecule is COc1ccc(OC(=O)c2ccccc2C(=O)Oc2cc(C)cc(C)c2)cc1. The Morgan fingerprint density at radius 1 is 0.643 bits per heavy atom. The number of carbonyl (C=O) groups is 2. The van der Waals surface area contributed by atoms with Crippen molar-refractivity contribution in [3.8, 4) is 17.2 Å². The molecule has 0 aliphatic rings. The zero-order valence-electron chi connectivity index (χ0n) is 15.9. The van der Waals surface area contributed by atoms with Crippen LogP contribution in [-0.4, -0.2) is 19.0 Å². The molecule has 0 aliphatic heterocycles. The van der Waals surface area contributed by atoms with E-state index in [2.05, 4.69) is 0 Å². The van der Waals surface area contributed by atoms with E-state index in [1.54, 1.807) is 55.6 Å². The highest BCUT2D eigenvalue weighted by atomic mass is 16.5. The van der Waals surface area contributed by atoms with Crippen LogP contribution in [-0.2, 0) is 0 Å². The molecule has 0 radical (unpaired) electrons. The second-order valence-electron chi connectivity index (χ2n) is 6.32. The maximum atomic E-state index is 12.7. The molecule has 0 fully saturated rings. The van der Waals surface area contributed by atoms with Gasteiger partial charge in [-0.25, -0.2) is 9.59 Å². The third-order valence-corrected chi connectivity index (χ3v) is 4.04. The van der Waals surface area contributed by atoms with E-state index in [-0.39, 0.29) is 11.1 Å². The van der Waals surface area contributed by atoms with Crippen molar-refractivity contribution in [2.24, 2.45) is 0 Å². The van der Waals surface area contributed by atoms with E-state index in [1.807, 2.05) is 19.9 Å². The van der Waals surface area contributed by atoms with Crippen molar-refractivity contribution in [2.45, 2.75) is 13.8 Å². The van der Waals surface area contributed by atoms with E-state index in [0.717, 1.165) is 11.1 Å². The number of esters is 2. The van der Waals surface area contributed by atoms with E-state index in [9.17, 15) is 9.59 Å². The van der Waals surface area contributed by atoms with Crippen molar-refractivity contribution in [1.82, 2.24) is 0 Å². The standard InChI is InChI=1S/C23H20O5/c1-15-12-16(2)14-19(13-15)28-23(25)21-7-5-4-6-20(21)22(24)27-18-10-8-17(26-3)9-11-18/h4-14H,1-3H3. The fourth-order valence-corrected chi connectivity index (χ4v) is 2.80. The molecule has 0 N–H and O–H groups in total. The first-order chi connectivity index (χ1) is 13.5. The predicted molar refractivity (Wildman–Crippen MR) is 105 cm³/mol. The van der Waals surface area contributed by atoms with Gasteiger partial charge in [-0.3, -0.25) is 0 Å². The summed E-state index contributed by atoms with van der Waals surface area (Å²) >= 11 is 0. The molecule has 3 aromatic carbocycles. The third-order valence-electron chi connectivity index (χ3n) is 4.04. The Kier molecular flexibility index (Phi) is 5.75. The van der Waals surface area contributed by atoms with Gasteiger partial charge in [-0.1, -0.05) is 18.2 Å². The number of rotatable bonds is 5. The molecule has 3 aromatic rings. The summed E-state index contributed by atoms with van der Waals surface area (Å²) in [5, 5.41) is 0. The van der Waals surface area contributed by atoms with Crippen LogP contribution < -0.4 is 14.2 Å². The van der Waals surface area contributed by atoms with Crippen molar-refractivity contribution >= 4 is 11.9 Å². The molecule has 5 nitrogen and oxygen atoms in total. The molecule has 5 heteroatoms. The maximum absolute atomic E-state index is 12.7. The topological polar surface area (TPSA) is 61.8 Å².